The molecule has 0 aliphatic carbocycles. The fourth-order valence-corrected chi connectivity index (χ4v) is 2.47. The third-order valence-electron chi connectivity index (χ3n) is 2.70. The van der Waals surface area contributed by atoms with Gasteiger partial charge >= 0.3 is 5.97 Å². The van der Waals surface area contributed by atoms with E-state index in [4.69, 9.17) is 15.6 Å². The molecule has 1 heterocycles. The van der Waals surface area contributed by atoms with Crippen LogP contribution in [0.5, 0.6) is 0 Å². The molecule has 17 heavy (non-hydrogen) atoms. The molecule has 0 aliphatic rings. The minimum absolute atomic E-state index is 0.386. The highest BCUT2D eigenvalue weighted by atomic mass is 32.1. The fourth-order valence-electron chi connectivity index (χ4n) is 1.43. The van der Waals surface area contributed by atoms with Gasteiger partial charge in [-0.25, -0.2) is 4.98 Å². The number of rotatable bonds is 6. The van der Waals surface area contributed by atoms with Crippen LogP contribution in [-0.4, -0.2) is 22.7 Å². The van der Waals surface area contributed by atoms with E-state index in [9.17, 15) is 4.79 Å². The molecule has 0 amide bonds. The van der Waals surface area contributed by atoms with Crippen LogP contribution < -0.4 is 5.73 Å². The first-order valence-corrected chi connectivity index (χ1v) is 6.40. The predicted octanol–water partition coefficient (Wildman–Crippen LogP) is 1.89. The molecule has 0 saturated heterocycles. The van der Waals surface area contributed by atoms with E-state index in [0.29, 0.717) is 12.3 Å². The Morgan fingerprint density at radius 2 is 2.35 bits per heavy atom. The second-order valence-electron chi connectivity index (χ2n) is 3.91. The summed E-state index contributed by atoms with van der Waals surface area (Å²) in [6.07, 6.45) is 0.774. The van der Waals surface area contributed by atoms with Crippen LogP contribution in [0.1, 0.15) is 43.9 Å². The van der Waals surface area contributed by atoms with E-state index >= 15 is 0 Å². The number of aromatic nitrogens is 1. The average Bonchev–Trinajstić information content (AvgIpc) is 2.77. The summed E-state index contributed by atoms with van der Waals surface area (Å²) in [5.41, 5.74) is 5.44. The Balaban J connectivity index is 2.97. The lowest BCUT2D eigenvalue weighted by molar-refractivity contribution is -0.138. The molecular formula is C11H18N2O3S. The van der Waals surface area contributed by atoms with Crippen molar-refractivity contribution in [2.45, 2.75) is 38.8 Å². The van der Waals surface area contributed by atoms with Gasteiger partial charge in [-0.15, -0.1) is 11.3 Å². The molecule has 5 nitrogen and oxygen atoms in total. The molecule has 2 atom stereocenters. The van der Waals surface area contributed by atoms with Gasteiger partial charge in [0, 0.05) is 12.0 Å². The van der Waals surface area contributed by atoms with Crippen molar-refractivity contribution >= 4 is 17.3 Å². The van der Waals surface area contributed by atoms with Crippen LogP contribution >= 0.6 is 11.3 Å². The first-order chi connectivity index (χ1) is 7.94. The zero-order valence-electron chi connectivity index (χ0n) is 10.3. The Kier molecular flexibility index (Phi) is 4.62. The van der Waals surface area contributed by atoms with Gasteiger partial charge in [-0.1, -0.05) is 6.92 Å². The van der Waals surface area contributed by atoms with Crippen LogP contribution in [-0.2, 0) is 15.1 Å². The molecule has 0 aromatic carbocycles. The molecule has 2 unspecified atom stereocenters. The van der Waals surface area contributed by atoms with Crippen molar-refractivity contribution in [1.82, 2.24) is 4.98 Å². The van der Waals surface area contributed by atoms with Crippen molar-refractivity contribution in [2.75, 3.05) is 6.61 Å². The van der Waals surface area contributed by atoms with E-state index in [1.807, 2.05) is 20.8 Å². The Labute approximate surface area is 105 Å². The summed E-state index contributed by atoms with van der Waals surface area (Å²) in [6.45, 7) is 6.47. The molecule has 6 heteroatoms. The standard InChI is InChI=1S/C11H18N2O3S/c1-4-11(3,16-5-2)10-13-7(6-17-10)8(12)9(14)15/h6,8H,4-5,12H2,1-3H3,(H,14,15). The molecule has 0 saturated carbocycles. The van der Waals surface area contributed by atoms with Gasteiger partial charge in [-0.2, -0.15) is 0 Å². The van der Waals surface area contributed by atoms with Gasteiger partial charge in [-0.3, -0.25) is 4.79 Å². The van der Waals surface area contributed by atoms with E-state index in [1.165, 1.54) is 11.3 Å². The second-order valence-corrected chi connectivity index (χ2v) is 4.77. The zero-order valence-corrected chi connectivity index (χ0v) is 11.1. The number of thiazole rings is 1. The Morgan fingerprint density at radius 1 is 1.71 bits per heavy atom. The summed E-state index contributed by atoms with van der Waals surface area (Å²) >= 11 is 1.39. The highest BCUT2D eigenvalue weighted by Crippen LogP contribution is 2.32. The number of carbonyl (C=O) groups is 1. The van der Waals surface area contributed by atoms with Crippen molar-refractivity contribution < 1.29 is 14.6 Å². The molecule has 0 spiro atoms. The summed E-state index contributed by atoms with van der Waals surface area (Å²) in [5.74, 6) is -1.07. The third-order valence-corrected chi connectivity index (χ3v) is 3.80. The van der Waals surface area contributed by atoms with Crippen LogP contribution in [0, 0.1) is 0 Å². The van der Waals surface area contributed by atoms with Gasteiger partial charge in [0.15, 0.2) is 0 Å². The van der Waals surface area contributed by atoms with Gasteiger partial charge in [0.25, 0.3) is 0 Å². The molecule has 1 aromatic heterocycles. The quantitative estimate of drug-likeness (QED) is 0.813. The molecular weight excluding hydrogens is 240 g/mol. The zero-order chi connectivity index (χ0) is 13.1. The summed E-state index contributed by atoms with van der Waals surface area (Å²) in [7, 11) is 0. The molecule has 96 valence electrons. The summed E-state index contributed by atoms with van der Waals surface area (Å²) in [6, 6.07) is -1.07. The van der Waals surface area contributed by atoms with Crippen LogP contribution in [0.4, 0.5) is 0 Å². The summed E-state index contributed by atoms with van der Waals surface area (Å²) < 4.78 is 5.68. The fraction of sp³-hybridized carbons (Fsp3) is 0.636. The highest BCUT2D eigenvalue weighted by Gasteiger charge is 2.30. The van der Waals surface area contributed by atoms with Crippen molar-refractivity contribution in [3.05, 3.63) is 16.1 Å². The lowest BCUT2D eigenvalue weighted by atomic mass is 10.0. The number of hydrogen-bond acceptors (Lipinski definition) is 5. The van der Waals surface area contributed by atoms with E-state index in [2.05, 4.69) is 4.98 Å². The largest absolute Gasteiger partial charge is 0.480 e. The van der Waals surface area contributed by atoms with Crippen LogP contribution in [0.3, 0.4) is 0 Å². The van der Waals surface area contributed by atoms with E-state index in [0.717, 1.165) is 11.4 Å². The molecule has 0 radical (unpaired) electrons. The first-order valence-electron chi connectivity index (χ1n) is 5.52. The third kappa shape index (κ3) is 3.02. The number of hydrogen-bond donors (Lipinski definition) is 2. The van der Waals surface area contributed by atoms with Crippen molar-refractivity contribution in [1.29, 1.82) is 0 Å². The van der Waals surface area contributed by atoms with Gasteiger partial charge < -0.3 is 15.6 Å². The molecule has 0 aliphatic heterocycles. The maximum absolute atomic E-state index is 10.8. The average molecular weight is 258 g/mol. The number of aliphatic carboxylic acids is 1. The van der Waals surface area contributed by atoms with E-state index in [-0.39, 0.29) is 0 Å². The lowest BCUT2D eigenvalue weighted by Crippen LogP contribution is -2.26. The highest BCUT2D eigenvalue weighted by molar-refractivity contribution is 7.09. The summed E-state index contributed by atoms with van der Waals surface area (Å²) in [4.78, 5) is 15.0. The topological polar surface area (TPSA) is 85.4 Å². The smallest absolute Gasteiger partial charge is 0.326 e. The van der Waals surface area contributed by atoms with Crippen molar-refractivity contribution in [3.63, 3.8) is 0 Å². The molecule has 1 rings (SSSR count). The van der Waals surface area contributed by atoms with Gasteiger partial charge in [0.1, 0.15) is 16.7 Å². The van der Waals surface area contributed by atoms with Gasteiger partial charge in [-0.05, 0) is 20.3 Å². The summed E-state index contributed by atoms with van der Waals surface area (Å²) in [5, 5.41) is 11.3. The van der Waals surface area contributed by atoms with Crippen LogP contribution in [0.25, 0.3) is 0 Å². The number of ether oxygens (including phenoxy) is 1. The molecule has 1 aromatic rings. The number of carboxylic acid groups (broad SMARTS) is 1. The molecule has 0 bridgehead atoms. The Morgan fingerprint density at radius 3 is 2.82 bits per heavy atom. The van der Waals surface area contributed by atoms with Crippen molar-refractivity contribution in [3.8, 4) is 0 Å². The predicted molar refractivity (Wildman–Crippen MR) is 65.9 cm³/mol. The van der Waals surface area contributed by atoms with Gasteiger partial charge in [0.2, 0.25) is 0 Å². The van der Waals surface area contributed by atoms with E-state index < -0.39 is 17.6 Å². The number of nitrogens with two attached hydrogens (primary N) is 1. The minimum atomic E-state index is -1.07. The van der Waals surface area contributed by atoms with Crippen LogP contribution in [0.15, 0.2) is 5.38 Å². The van der Waals surface area contributed by atoms with Crippen LogP contribution in [0.2, 0.25) is 0 Å². The SMILES string of the molecule is CCOC(C)(CC)c1nc(C(N)C(=O)O)cs1. The maximum Gasteiger partial charge on any atom is 0.326 e. The lowest BCUT2D eigenvalue weighted by Gasteiger charge is -2.25. The maximum atomic E-state index is 10.8. The van der Waals surface area contributed by atoms with Crippen molar-refractivity contribution in [2.24, 2.45) is 5.73 Å². The second kappa shape index (κ2) is 5.57. The normalized spacial score (nSPS) is 16.5. The monoisotopic (exact) mass is 258 g/mol. The minimum Gasteiger partial charge on any atom is -0.480 e. The first kappa shape index (κ1) is 14.1. The molecule has 0 fully saturated rings. The van der Waals surface area contributed by atoms with Gasteiger partial charge in [0.05, 0.1) is 5.69 Å². The molecule has 3 N–H and O–H groups in total. The Bertz CT molecular complexity index is 394. The van der Waals surface area contributed by atoms with E-state index in [1.54, 1.807) is 5.38 Å². The Hall–Kier alpha value is -0.980. The number of carboxylic acids is 1. The number of nitrogens with zero attached hydrogens (tertiary/aromatic N) is 1.